The molecule has 0 radical (unpaired) electrons. The molecular weight excluding hydrogens is 245 g/mol. The van der Waals surface area contributed by atoms with Gasteiger partial charge in [-0.15, -0.1) is 0 Å². The topological polar surface area (TPSA) is 38.7 Å². The van der Waals surface area contributed by atoms with Crippen molar-refractivity contribution >= 4 is 23.2 Å². The van der Waals surface area contributed by atoms with Crippen molar-refractivity contribution in [2.45, 2.75) is 13.3 Å². The molecule has 2 heterocycles. The van der Waals surface area contributed by atoms with Crippen LogP contribution in [0.3, 0.4) is 0 Å². The largest absolute Gasteiger partial charge is 0.261 e. The fourth-order valence-corrected chi connectivity index (χ4v) is 1.68. The van der Waals surface area contributed by atoms with Gasteiger partial charge < -0.3 is 0 Å². The summed E-state index contributed by atoms with van der Waals surface area (Å²) in [5.41, 5.74) is 2.90. The zero-order valence-electron chi connectivity index (χ0n) is 8.61. The lowest BCUT2D eigenvalue weighted by atomic mass is 10.1. The van der Waals surface area contributed by atoms with E-state index in [1.165, 1.54) is 0 Å². The molecule has 0 aromatic carbocycles. The highest BCUT2D eigenvalue weighted by molar-refractivity contribution is 6.32. The van der Waals surface area contributed by atoms with Crippen molar-refractivity contribution in [1.29, 1.82) is 0 Å². The van der Waals surface area contributed by atoms with Crippen LogP contribution in [0.2, 0.25) is 10.4 Å². The number of hydrogen-bond donors (Lipinski definition) is 0. The van der Waals surface area contributed by atoms with E-state index in [1.807, 2.05) is 25.3 Å². The van der Waals surface area contributed by atoms with Gasteiger partial charge in [-0.05, 0) is 30.2 Å². The molecule has 5 heteroatoms. The molecule has 0 saturated heterocycles. The van der Waals surface area contributed by atoms with Crippen LogP contribution < -0.4 is 0 Å². The van der Waals surface area contributed by atoms with Gasteiger partial charge in [-0.25, -0.2) is 9.97 Å². The van der Waals surface area contributed by atoms with E-state index >= 15 is 0 Å². The highest BCUT2D eigenvalue weighted by Gasteiger charge is 2.05. The Morgan fingerprint density at radius 1 is 1.12 bits per heavy atom. The summed E-state index contributed by atoms with van der Waals surface area (Å²) < 4.78 is 0. The van der Waals surface area contributed by atoms with Gasteiger partial charge >= 0.3 is 0 Å². The second-order valence-electron chi connectivity index (χ2n) is 3.44. The Labute approximate surface area is 103 Å². The van der Waals surface area contributed by atoms with E-state index in [2.05, 4.69) is 15.0 Å². The van der Waals surface area contributed by atoms with Gasteiger partial charge in [-0.1, -0.05) is 17.7 Å². The lowest BCUT2D eigenvalue weighted by molar-refractivity contribution is 1.05. The molecule has 0 unspecified atom stereocenters. The van der Waals surface area contributed by atoms with Crippen molar-refractivity contribution in [3.05, 3.63) is 51.8 Å². The van der Waals surface area contributed by atoms with Gasteiger partial charge in [0.15, 0.2) is 0 Å². The van der Waals surface area contributed by atoms with Gasteiger partial charge in [0.25, 0.3) is 0 Å². The average molecular weight is 254 g/mol. The van der Waals surface area contributed by atoms with Gasteiger partial charge in [-0.3, -0.25) is 4.98 Å². The molecule has 0 aliphatic carbocycles. The zero-order chi connectivity index (χ0) is 11.5. The van der Waals surface area contributed by atoms with E-state index < -0.39 is 0 Å². The molecule has 0 atom stereocenters. The monoisotopic (exact) mass is 253 g/mol. The second kappa shape index (κ2) is 4.76. The highest BCUT2D eigenvalue weighted by Crippen LogP contribution is 2.17. The maximum atomic E-state index is 5.95. The number of halogens is 2. The maximum Gasteiger partial charge on any atom is 0.223 e. The minimum absolute atomic E-state index is 0.163. The van der Waals surface area contributed by atoms with E-state index in [9.17, 15) is 0 Å². The van der Waals surface area contributed by atoms with Gasteiger partial charge in [0.2, 0.25) is 5.28 Å². The minimum Gasteiger partial charge on any atom is -0.261 e. The van der Waals surface area contributed by atoms with E-state index in [-0.39, 0.29) is 5.28 Å². The molecule has 0 fully saturated rings. The number of aryl methyl sites for hydroxylation is 1. The van der Waals surface area contributed by atoms with Crippen LogP contribution in [0.15, 0.2) is 24.5 Å². The summed E-state index contributed by atoms with van der Waals surface area (Å²) in [5.74, 6) is 0. The SMILES string of the molecule is Cc1ccc(Cc2cnc(Cl)nc2Cl)cn1. The first-order valence-corrected chi connectivity index (χ1v) is 5.49. The van der Waals surface area contributed by atoms with E-state index in [0.29, 0.717) is 11.6 Å². The van der Waals surface area contributed by atoms with Crippen LogP contribution in [0.1, 0.15) is 16.8 Å². The third kappa shape index (κ3) is 2.68. The van der Waals surface area contributed by atoms with Crippen molar-refractivity contribution in [2.75, 3.05) is 0 Å². The van der Waals surface area contributed by atoms with Crippen LogP contribution in [-0.4, -0.2) is 15.0 Å². The molecule has 0 amide bonds. The summed E-state index contributed by atoms with van der Waals surface area (Å²) >= 11 is 11.6. The molecule has 2 aromatic rings. The van der Waals surface area contributed by atoms with Crippen LogP contribution >= 0.6 is 23.2 Å². The minimum atomic E-state index is 0.163. The summed E-state index contributed by atoms with van der Waals surface area (Å²) in [6.45, 7) is 1.95. The van der Waals surface area contributed by atoms with Gasteiger partial charge in [0.05, 0.1) is 0 Å². The maximum absolute atomic E-state index is 5.95. The first-order chi connectivity index (χ1) is 7.65. The molecule has 0 saturated carbocycles. The van der Waals surface area contributed by atoms with Crippen molar-refractivity contribution in [1.82, 2.24) is 15.0 Å². The standard InChI is InChI=1S/C11H9Cl2N3/c1-7-2-3-8(5-14-7)4-9-6-15-11(13)16-10(9)12/h2-3,5-6H,4H2,1H3. The number of pyridine rings is 1. The first kappa shape index (κ1) is 11.3. The van der Waals surface area contributed by atoms with Crippen LogP contribution in [0.4, 0.5) is 0 Å². The quantitative estimate of drug-likeness (QED) is 0.610. The van der Waals surface area contributed by atoms with E-state index in [4.69, 9.17) is 23.2 Å². The smallest absolute Gasteiger partial charge is 0.223 e. The molecule has 82 valence electrons. The summed E-state index contributed by atoms with van der Waals surface area (Å²) in [4.78, 5) is 12.0. The normalized spacial score (nSPS) is 10.4. The summed E-state index contributed by atoms with van der Waals surface area (Å²) in [6, 6.07) is 3.97. The fraction of sp³-hybridized carbons (Fsp3) is 0.182. The van der Waals surface area contributed by atoms with Gasteiger partial charge in [-0.2, -0.15) is 0 Å². The zero-order valence-corrected chi connectivity index (χ0v) is 10.1. The summed E-state index contributed by atoms with van der Waals surface area (Å²) in [5, 5.41) is 0.552. The first-order valence-electron chi connectivity index (χ1n) is 4.73. The Bertz CT molecular complexity index is 497. The van der Waals surface area contributed by atoms with Crippen LogP contribution in [0, 0.1) is 6.92 Å². The lowest BCUT2D eigenvalue weighted by Crippen LogP contribution is -1.95. The molecule has 3 nitrogen and oxygen atoms in total. The third-order valence-electron chi connectivity index (χ3n) is 2.15. The Kier molecular flexibility index (Phi) is 3.36. The molecule has 0 aliphatic rings. The van der Waals surface area contributed by atoms with Crippen molar-refractivity contribution in [2.24, 2.45) is 0 Å². The fourth-order valence-electron chi connectivity index (χ4n) is 1.31. The average Bonchev–Trinajstić information content (AvgIpc) is 2.25. The molecular formula is C11H9Cl2N3. The van der Waals surface area contributed by atoms with Crippen molar-refractivity contribution in [3.8, 4) is 0 Å². The third-order valence-corrected chi connectivity index (χ3v) is 2.66. The molecule has 2 aromatic heterocycles. The predicted octanol–water partition coefficient (Wildman–Crippen LogP) is 3.08. The number of nitrogens with zero attached hydrogens (tertiary/aromatic N) is 3. The van der Waals surface area contributed by atoms with Crippen molar-refractivity contribution < 1.29 is 0 Å². The Balaban J connectivity index is 2.23. The van der Waals surface area contributed by atoms with Gasteiger partial charge in [0.1, 0.15) is 5.15 Å². The molecule has 0 spiro atoms. The molecule has 2 rings (SSSR count). The van der Waals surface area contributed by atoms with E-state index in [0.717, 1.165) is 16.8 Å². The molecule has 0 bridgehead atoms. The number of aromatic nitrogens is 3. The highest BCUT2D eigenvalue weighted by atomic mass is 35.5. The molecule has 0 aliphatic heterocycles. The predicted molar refractivity (Wildman–Crippen MR) is 63.8 cm³/mol. The summed E-state index contributed by atoms with van der Waals surface area (Å²) in [6.07, 6.45) is 4.11. The Morgan fingerprint density at radius 2 is 1.94 bits per heavy atom. The second-order valence-corrected chi connectivity index (χ2v) is 4.14. The van der Waals surface area contributed by atoms with E-state index in [1.54, 1.807) is 6.20 Å². The van der Waals surface area contributed by atoms with Crippen LogP contribution in [0.25, 0.3) is 0 Å². The lowest BCUT2D eigenvalue weighted by Gasteiger charge is -2.03. The number of hydrogen-bond acceptors (Lipinski definition) is 3. The number of rotatable bonds is 2. The van der Waals surface area contributed by atoms with Crippen LogP contribution in [-0.2, 0) is 6.42 Å². The molecule has 16 heavy (non-hydrogen) atoms. The Morgan fingerprint density at radius 3 is 2.56 bits per heavy atom. The van der Waals surface area contributed by atoms with Crippen LogP contribution in [0.5, 0.6) is 0 Å². The Hall–Kier alpha value is -1.19. The van der Waals surface area contributed by atoms with Gasteiger partial charge in [0, 0.05) is 30.1 Å². The van der Waals surface area contributed by atoms with Crippen molar-refractivity contribution in [3.63, 3.8) is 0 Å². The molecule has 0 N–H and O–H groups in total. The summed E-state index contributed by atoms with van der Waals surface area (Å²) in [7, 11) is 0.